The van der Waals surface area contributed by atoms with Crippen molar-refractivity contribution in [3.63, 3.8) is 0 Å². The number of nitrogens with one attached hydrogen (secondary N) is 1. The molecule has 1 aromatic rings. The van der Waals surface area contributed by atoms with Crippen LogP contribution in [0.2, 0.25) is 0 Å². The number of carboxylic acids is 1. The second-order valence-corrected chi connectivity index (χ2v) is 5.49. The van der Waals surface area contributed by atoms with Crippen molar-refractivity contribution in [2.45, 2.75) is 45.1 Å². The molecule has 1 aliphatic carbocycles. The number of carboxylic acid groups (broad SMARTS) is 1. The summed E-state index contributed by atoms with van der Waals surface area (Å²) in [5.41, 5.74) is 5.64. The number of hydrogen-bond acceptors (Lipinski definition) is 3. The van der Waals surface area contributed by atoms with Crippen molar-refractivity contribution in [2.75, 3.05) is 11.1 Å². The van der Waals surface area contributed by atoms with E-state index in [0.717, 1.165) is 37.7 Å². The van der Waals surface area contributed by atoms with E-state index >= 15 is 0 Å². The van der Waals surface area contributed by atoms with E-state index in [9.17, 15) is 9.18 Å². The Morgan fingerprint density at radius 3 is 2.60 bits per heavy atom. The van der Waals surface area contributed by atoms with Gasteiger partial charge in [0.1, 0.15) is 5.82 Å². The fourth-order valence-corrected chi connectivity index (χ4v) is 2.82. The minimum absolute atomic E-state index is 0.0461. The van der Waals surface area contributed by atoms with E-state index in [4.69, 9.17) is 10.8 Å². The highest BCUT2D eigenvalue weighted by atomic mass is 19.1. The highest BCUT2D eigenvalue weighted by Crippen LogP contribution is 2.30. The van der Waals surface area contributed by atoms with Gasteiger partial charge < -0.3 is 16.2 Å². The molecule has 0 amide bonds. The Kier molecular flexibility index (Phi) is 4.47. The van der Waals surface area contributed by atoms with Gasteiger partial charge in [0.2, 0.25) is 0 Å². The van der Waals surface area contributed by atoms with Crippen molar-refractivity contribution in [2.24, 2.45) is 5.92 Å². The van der Waals surface area contributed by atoms with Gasteiger partial charge in [-0.1, -0.05) is 13.3 Å². The molecule has 5 heteroatoms. The Bertz CT molecular complexity index is 497. The largest absolute Gasteiger partial charge is 0.478 e. The molecule has 20 heavy (non-hydrogen) atoms. The minimum Gasteiger partial charge on any atom is -0.478 e. The summed E-state index contributed by atoms with van der Waals surface area (Å²) in [5.74, 6) is -0.871. The molecule has 1 fully saturated rings. The Balaban J connectivity index is 2.10. The number of rotatable bonds is 4. The van der Waals surface area contributed by atoms with Gasteiger partial charge in [-0.2, -0.15) is 0 Å². The van der Waals surface area contributed by atoms with Crippen LogP contribution >= 0.6 is 0 Å². The molecule has 1 saturated carbocycles. The zero-order chi connectivity index (χ0) is 14.7. The van der Waals surface area contributed by atoms with E-state index in [1.807, 2.05) is 0 Å². The number of nitrogens with two attached hydrogens (primary N) is 1. The van der Waals surface area contributed by atoms with Gasteiger partial charge in [-0.3, -0.25) is 0 Å². The molecule has 1 aromatic carbocycles. The average Bonchev–Trinajstić information content (AvgIpc) is 2.42. The number of benzene rings is 1. The van der Waals surface area contributed by atoms with Gasteiger partial charge in [-0.25, -0.2) is 9.18 Å². The molecule has 0 radical (unpaired) electrons. The predicted octanol–water partition coefficient (Wildman–Crippen LogP) is 3.49. The lowest BCUT2D eigenvalue weighted by atomic mass is 9.84. The number of nitrogen functional groups attached to an aromatic ring is 1. The van der Waals surface area contributed by atoms with E-state index in [0.29, 0.717) is 0 Å². The molecule has 4 nitrogen and oxygen atoms in total. The smallest absolute Gasteiger partial charge is 0.337 e. The summed E-state index contributed by atoms with van der Waals surface area (Å²) >= 11 is 0. The maximum Gasteiger partial charge on any atom is 0.337 e. The standard InChI is InChI=1S/C15H21FN2O2/c1-2-9-3-5-10(6-4-9)18-14-7-11(15(19)20)13(17)8-12(14)16/h7-10,18H,2-6,17H2,1H3,(H,19,20). The topological polar surface area (TPSA) is 75.3 Å². The van der Waals surface area contributed by atoms with Gasteiger partial charge in [0.05, 0.1) is 11.3 Å². The van der Waals surface area contributed by atoms with E-state index in [-0.39, 0.29) is 23.0 Å². The van der Waals surface area contributed by atoms with Crippen LogP contribution in [0.3, 0.4) is 0 Å². The Morgan fingerprint density at radius 1 is 1.40 bits per heavy atom. The van der Waals surface area contributed by atoms with E-state index in [2.05, 4.69) is 12.2 Å². The lowest BCUT2D eigenvalue weighted by Crippen LogP contribution is -2.26. The molecule has 0 atom stereocenters. The molecule has 0 aromatic heterocycles. The van der Waals surface area contributed by atoms with Crippen molar-refractivity contribution in [1.29, 1.82) is 0 Å². The van der Waals surface area contributed by atoms with Crippen molar-refractivity contribution in [3.05, 3.63) is 23.5 Å². The average molecular weight is 280 g/mol. The van der Waals surface area contributed by atoms with Gasteiger partial charge >= 0.3 is 5.97 Å². The predicted molar refractivity (Wildman–Crippen MR) is 77.4 cm³/mol. The molecule has 2 rings (SSSR count). The lowest BCUT2D eigenvalue weighted by Gasteiger charge is -2.29. The SMILES string of the molecule is CCC1CCC(Nc2cc(C(=O)O)c(N)cc2F)CC1. The molecule has 4 N–H and O–H groups in total. The van der Waals surface area contributed by atoms with Gasteiger partial charge in [-0.15, -0.1) is 0 Å². The minimum atomic E-state index is -1.14. The monoisotopic (exact) mass is 280 g/mol. The molecule has 0 spiro atoms. The van der Waals surface area contributed by atoms with Crippen LogP contribution in [-0.4, -0.2) is 17.1 Å². The van der Waals surface area contributed by atoms with Gasteiger partial charge in [0.15, 0.2) is 0 Å². The van der Waals surface area contributed by atoms with Crippen molar-refractivity contribution in [3.8, 4) is 0 Å². The third-order valence-electron chi connectivity index (χ3n) is 4.15. The van der Waals surface area contributed by atoms with Crippen LogP contribution in [0.25, 0.3) is 0 Å². The highest BCUT2D eigenvalue weighted by molar-refractivity contribution is 5.94. The normalized spacial score (nSPS) is 22.5. The maximum absolute atomic E-state index is 13.9. The fourth-order valence-electron chi connectivity index (χ4n) is 2.82. The van der Waals surface area contributed by atoms with Crippen LogP contribution in [0.4, 0.5) is 15.8 Å². The zero-order valence-corrected chi connectivity index (χ0v) is 11.7. The molecule has 110 valence electrons. The second-order valence-electron chi connectivity index (χ2n) is 5.49. The number of aromatic carboxylic acids is 1. The molecule has 0 heterocycles. The van der Waals surface area contributed by atoms with Crippen LogP contribution in [-0.2, 0) is 0 Å². The van der Waals surface area contributed by atoms with Crippen molar-refractivity contribution >= 4 is 17.3 Å². The quantitative estimate of drug-likeness (QED) is 0.738. The summed E-state index contributed by atoms with van der Waals surface area (Å²) in [4.78, 5) is 11.0. The van der Waals surface area contributed by atoms with Crippen molar-refractivity contribution in [1.82, 2.24) is 0 Å². The fraction of sp³-hybridized carbons (Fsp3) is 0.533. The summed E-state index contributed by atoms with van der Waals surface area (Å²) in [6, 6.07) is 2.57. The summed E-state index contributed by atoms with van der Waals surface area (Å²) in [6.07, 6.45) is 5.44. The van der Waals surface area contributed by atoms with Crippen molar-refractivity contribution < 1.29 is 14.3 Å². The molecule has 0 saturated heterocycles. The van der Waals surface area contributed by atoms with Gasteiger partial charge in [0, 0.05) is 11.7 Å². The number of hydrogen-bond donors (Lipinski definition) is 3. The Morgan fingerprint density at radius 2 is 2.05 bits per heavy atom. The molecule has 0 aliphatic heterocycles. The Labute approximate surface area is 118 Å². The van der Waals surface area contributed by atoms with Crippen LogP contribution in [0.15, 0.2) is 12.1 Å². The third-order valence-corrected chi connectivity index (χ3v) is 4.15. The molecule has 0 bridgehead atoms. The molecular weight excluding hydrogens is 259 g/mol. The summed E-state index contributed by atoms with van der Waals surface area (Å²) in [7, 11) is 0. The van der Waals surface area contributed by atoms with E-state index < -0.39 is 11.8 Å². The van der Waals surface area contributed by atoms with Gasteiger partial charge in [0.25, 0.3) is 0 Å². The zero-order valence-electron chi connectivity index (χ0n) is 11.7. The summed E-state index contributed by atoms with van der Waals surface area (Å²) in [6.45, 7) is 2.19. The molecular formula is C15H21FN2O2. The van der Waals surface area contributed by atoms with E-state index in [1.165, 1.54) is 12.5 Å². The first-order valence-electron chi connectivity index (χ1n) is 7.10. The number of halogens is 1. The number of anilines is 2. The summed E-state index contributed by atoms with van der Waals surface area (Å²) in [5, 5.41) is 12.1. The molecule has 0 unspecified atom stereocenters. The van der Waals surface area contributed by atoms with Crippen LogP contribution in [0.1, 0.15) is 49.4 Å². The highest BCUT2D eigenvalue weighted by Gasteiger charge is 2.21. The Hall–Kier alpha value is -1.78. The maximum atomic E-state index is 13.9. The number of carbonyl (C=O) groups is 1. The van der Waals surface area contributed by atoms with Crippen LogP contribution in [0.5, 0.6) is 0 Å². The second kappa shape index (κ2) is 6.11. The van der Waals surface area contributed by atoms with Crippen LogP contribution in [0, 0.1) is 11.7 Å². The van der Waals surface area contributed by atoms with E-state index in [1.54, 1.807) is 0 Å². The third kappa shape index (κ3) is 3.21. The lowest BCUT2D eigenvalue weighted by molar-refractivity contribution is 0.0698. The first-order chi connectivity index (χ1) is 9.51. The van der Waals surface area contributed by atoms with Gasteiger partial charge in [-0.05, 0) is 43.7 Å². The first kappa shape index (κ1) is 14.6. The van der Waals surface area contributed by atoms with Crippen LogP contribution < -0.4 is 11.1 Å². The molecule has 1 aliphatic rings. The summed E-state index contributed by atoms with van der Waals surface area (Å²) < 4.78 is 13.9. The first-order valence-corrected chi connectivity index (χ1v) is 7.10.